The molecule has 106 valence electrons. The molecule has 0 saturated carbocycles. The number of rotatable bonds is 4. The van der Waals surface area contributed by atoms with Gasteiger partial charge in [0.25, 0.3) is 0 Å². The highest BCUT2D eigenvalue weighted by Crippen LogP contribution is 2.28. The summed E-state index contributed by atoms with van der Waals surface area (Å²) in [6, 6.07) is 5.40. The second-order valence-corrected chi connectivity index (χ2v) is 8.10. The van der Waals surface area contributed by atoms with Crippen LogP contribution in [0.4, 0.5) is 0 Å². The van der Waals surface area contributed by atoms with E-state index in [0.717, 1.165) is 29.1 Å². The summed E-state index contributed by atoms with van der Waals surface area (Å²) >= 11 is 7.66. The largest absolute Gasteiger partial charge is 0.243 e. The number of thioether (sulfide) groups is 1. The molecule has 0 spiro atoms. The van der Waals surface area contributed by atoms with Crippen LogP contribution >= 0.6 is 23.4 Å². The van der Waals surface area contributed by atoms with Crippen molar-refractivity contribution in [1.82, 2.24) is 4.31 Å². The van der Waals surface area contributed by atoms with Crippen molar-refractivity contribution in [3.05, 3.63) is 29.3 Å². The molecule has 1 fully saturated rings. The van der Waals surface area contributed by atoms with Gasteiger partial charge in [-0.15, -0.1) is 11.6 Å². The molecule has 6 heteroatoms. The molecule has 0 radical (unpaired) electrons. The zero-order valence-electron chi connectivity index (χ0n) is 11.1. The molecule has 1 unspecified atom stereocenters. The van der Waals surface area contributed by atoms with Gasteiger partial charge >= 0.3 is 0 Å². The van der Waals surface area contributed by atoms with E-state index < -0.39 is 10.0 Å². The Morgan fingerprint density at radius 3 is 2.79 bits per heavy atom. The first kappa shape index (κ1) is 15.2. The van der Waals surface area contributed by atoms with E-state index >= 15 is 0 Å². The van der Waals surface area contributed by atoms with Crippen molar-refractivity contribution in [3.8, 4) is 0 Å². The van der Waals surface area contributed by atoms with Crippen LogP contribution in [0.3, 0.4) is 0 Å². The highest BCUT2D eigenvalue weighted by atomic mass is 35.5. The average Bonchev–Trinajstić information content (AvgIpc) is 2.91. The Hall–Kier alpha value is -0.230. The third-order valence-electron chi connectivity index (χ3n) is 3.62. The van der Waals surface area contributed by atoms with Crippen molar-refractivity contribution >= 4 is 33.4 Å². The van der Waals surface area contributed by atoms with Crippen LogP contribution in [-0.4, -0.2) is 37.3 Å². The fourth-order valence-electron chi connectivity index (χ4n) is 2.24. The van der Waals surface area contributed by atoms with Gasteiger partial charge in [-0.2, -0.15) is 16.1 Å². The third-order valence-corrected chi connectivity index (χ3v) is 7.10. The summed E-state index contributed by atoms with van der Waals surface area (Å²) in [6.07, 6.45) is 0.925. The third kappa shape index (κ3) is 2.94. The number of alkyl halides is 1. The molecule has 1 aliphatic heterocycles. The molecule has 1 atom stereocenters. The first-order chi connectivity index (χ1) is 8.98. The molecule has 0 aliphatic carbocycles. The SMILES string of the molecule is Cc1c(CCl)cccc1S(=O)(=O)N(C)C1CCSC1. The summed E-state index contributed by atoms with van der Waals surface area (Å²) in [5, 5.41) is 0. The molecule has 1 saturated heterocycles. The number of halogens is 1. The van der Waals surface area contributed by atoms with Crippen LogP contribution in [0.25, 0.3) is 0 Å². The quantitative estimate of drug-likeness (QED) is 0.801. The predicted octanol–water partition coefficient (Wildman–Crippen LogP) is 2.86. The molecule has 1 heterocycles. The zero-order chi connectivity index (χ0) is 14.0. The Labute approximate surface area is 124 Å². The molecule has 0 N–H and O–H groups in total. The summed E-state index contributed by atoms with van der Waals surface area (Å²) in [4.78, 5) is 0.380. The van der Waals surface area contributed by atoms with Crippen LogP contribution in [0.2, 0.25) is 0 Å². The molecule has 19 heavy (non-hydrogen) atoms. The number of nitrogens with zero attached hydrogens (tertiary/aromatic N) is 1. The Bertz CT molecular complexity index is 554. The van der Waals surface area contributed by atoms with Gasteiger partial charge in [0.05, 0.1) is 4.90 Å². The van der Waals surface area contributed by atoms with Gasteiger partial charge in [-0.25, -0.2) is 8.42 Å². The molecule has 1 aliphatic rings. The van der Waals surface area contributed by atoms with Crippen LogP contribution in [0.1, 0.15) is 17.5 Å². The van der Waals surface area contributed by atoms with Crippen molar-refractivity contribution in [2.75, 3.05) is 18.6 Å². The number of benzene rings is 1. The average molecular weight is 320 g/mol. The predicted molar refractivity (Wildman–Crippen MR) is 81.4 cm³/mol. The standard InChI is InChI=1S/C13H18ClNO2S2/c1-10-11(8-14)4-3-5-13(10)19(16,17)15(2)12-6-7-18-9-12/h3-5,12H,6-9H2,1-2H3. The van der Waals surface area contributed by atoms with E-state index in [0.29, 0.717) is 10.8 Å². The lowest BCUT2D eigenvalue weighted by atomic mass is 10.1. The lowest BCUT2D eigenvalue weighted by Crippen LogP contribution is -2.37. The van der Waals surface area contributed by atoms with Crippen LogP contribution in [0.15, 0.2) is 23.1 Å². The van der Waals surface area contributed by atoms with E-state index in [2.05, 4.69) is 0 Å². The van der Waals surface area contributed by atoms with Crippen LogP contribution in [0.5, 0.6) is 0 Å². The van der Waals surface area contributed by atoms with Gasteiger partial charge in [0.2, 0.25) is 10.0 Å². The summed E-state index contributed by atoms with van der Waals surface area (Å²) in [6.45, 7) is 1.82. The maximum absolute atomic E-state index is 12.7. The van der Waals surface area contributed by atoms with E-state index in [4.69, 9.17) is 11.6 Å². The topological polar surface area (TPSA) is 37.4 Å². The molecular formula is C13H18ClNO2S2. The number of hydrogen-bond donors (Lipinski definition) is 0. The van der Waals surface area contributed by atoms with Gasteiger partial charge in [0.15, 0.2) is 0 Å². The summed E-state index contributed by atoms with van der Waals surface area (Å²) < 4.78 is 26.9. The Balaban J connectivity index is 2.39. The summed E-state index contributed by atoms with van der Waals surface area (Å²) in [5.41, 5.74) is 1.63. The fraction of sp³-hybridized carbons (Fsp3) is 0.538. The molecule has 3 nitrogen and oxygen atoms in total. The second-order valence-electron chi connectivity index (χ2n) is 4.71. The normalized spacial score (nSPS) is 20.1. The molecular weight excluding hydrogens is 302 g/mol. The lowest BCUT2D eigenvalue weighted by Gasteiger charge is -2.24. The molecule has 1 aromatic rings. The maximum atomic E-state index is 12.7. The summed E-state index contributed by atoms with van der Waals surface area (Å²) in [5.74, 6) is 2.24. The second kappa shape index (κ2) is 6.04. The minimum atomic E-state index is -3.42. The van der Waals surface area contributed by atoms with Crippen molar-refractivity contribution in [2.24, 2.45) is 0 Å². The first-order valence-corrected chi connectivity index (χ1v) is 9.31. The monoisotopic (exact) mass is 319 g/mol. The Kier molecular flexibility index (Phi) is 4.82. The van der Waals surface area contributed by atoms with Crippen LogP contribution in [0, 0.1) is 6.92 Å². The molecule has 0 bridgehead atoms. The van der Waals surface area contributed by atoms with Crippen molar-refractivity contribution in [3.63, 3.8) is 0 Å². The van der Waals surface area contributed by atoms with Gasteiger partial charge in [0, 0.05) is 24.7 Å². The highest BCUT2D eigenvalue weighted by molar-refractivity contribution is 7.99. The minimum absolute atomic E-state index is 0.106. The van der Waals surface area contributed by atoms with Gasteiger partial charge in [-0.05, 0) is 36.3 Å². The van der Waals surface area contributed by atoms with E-state index in [9.17, 15) is 8.42 Å². The first-order valence-electron chi connectivity index (χ1n) is 6.18. The maximum Gasteiger partial charge on any atom is 0.243 e. The fourth-order valence-corrected chi connectivity index (χ4v) is 5.55. The van der Waals surface area contributed by atoms with E-state index in [-0.39, 0.29) is 6.04 Å². The van der Waals surface area contributed by atoms with E-state index in [1.165, 1.54) is 4.31 Å². The lowest BCUT2D eigenvalue weighted by molar-refractivity contribution is 0.394. The van der Waals surface area contributed by atoms with E-state index in [1.807, 2.05) is 13.0 Å². The zero-order valence-corrected chi connectivity index (χ0v) is 13.5. The number of hydrogen-bond acceptors (Lipinski definition) is 3. The van der Waals surface area contributed by atoms with Gasteiger partial charge in [-0.3, -0.25) is 0 Å². The van der Waals surface area contributed by atoms with Crippen molar-refractivity contribution in [2.45, 2.75) is 30.2 Å². The van der Waals surface area contributed by atoms with Gasteiger partial charge in [-0.1, -0.05) is 12.1 Å². The summed E-state index contributed by atoms with van der Waals surface area (Å²) in [7, 11) is -1.75. The molecule has 0 aromatic heterocycles. The van der Waals surface area contributed by atoms with Crippen LogP contribution in [-0.2, 0) is 15.9 Å². The van der Waals surface area contributed by atoms with Crippen LogP contribution < -0.4 is 0 Å². The number of sulfonamides is 1. The van der Waals surface area contributed by atoms with Crippen molar-refractivity contribution in [1.29, 1.82) is 0 Å². The van der Waals surface area contributed by atoms with Gasteiger partial charge in [0.1, 0.15) is 0 Å². The molecule has 0 amide bonds. The van der Waals surface area contributed by atoms with Gasteiger partial charge < -0.3 is 0 Å². The Morgan fingerprint density at radius 1 is 1.47 bits per heavy atom. The minimum Gasteiger partial charge on any atom is -0.207 e. The van der Waals surface area contributed by atoms with E-state index in [1.54, 1.807) is 30.9 Å². The van der Waals surface area contributed by atoms with Crippen molar-refractivity contribution < 1.29 is 8.42 Å². The Morgan fingerprint density at radius 2 is 2.21 bits per heavy atom. The smallest absolute Gasteiger partial charge is 0.207 e. The molecule has 1 aromatic carbocycles. The highest BCUT2D eigenvalue weighted by Gasteiger charge is 2.31. The molecule has 2 rings (SSSR count).